The lowest BCUT2D eigenvalue weighted by Crippen LogP contribution is -2.01. The quantitative estimate of drug-likeness (QED) is 0.712. The molecule has 1 heterocycles. The zero-order valence-corrected chi connectivity index (χ0v) is 7.55. The molecule has 14 heavy (non-hydrogen) atoms. The van der Waals surface area contributed by atoms with Gasteiger partial charge >= 0.3 is 0 Å². The van der Waals surface area contributed by atoms with Crippen LogP contribution in [-0.2, 0) is 0 Å². The van der Waals surface area contributed by atoms with Crippen LogP contribution in [0.4, 0.5) is 13.2 Å². The van der Waals surface area contributed by atoms with E-state index in [1.807, 2.05) is 0 Å². The van der Waals surface area contributed by atoms with E-state index in [1.54, 1.807) is 0 Å². The summed E-state index contributed by atoms with van der Waals surface area (Å²) in [5.41, 5.74) is -0.495. The number of rotatable bonds is 3. The Morgan fingerprint density at radius 2 is 1.79 bits per heavy atom. The van der Waals surface area contributed by atoms with E-state index >= 15 is 0 Å². The van der Waals surface area contributed by atoms with Crippen molar-refractivity contribution in [1.29, 1.82) is 0 Å². The summed E-state index contributed by atoms with van der Waals surface area (Å²) in [5.74, 6) is -1.71. The standard InChI is InChI=1S/C8H8F3NO2/c1-13-5-4(7(9)10)3-12-8(11)6(5)14-2/h3,7H,1-2H3. The second-order valence-electron chi connectivity index (χ2n) is 2.37. The van der Waals surface area contributed by atoms with Crippen LogP contribution in [0.15, 0.2) is 6.20 Å². The fourth-order valence-electron chi connectivity index (χ4n) is 1.01. The average Bonchev–Trinajstić information content (AvgIpc) is 2.16. The van der Waals surface area contributed by atoms with E-state index in [0.29, 0.717) is 0 Å². The van der Waals surface area contributed by atoms with Crippen LogP contribution in [0.1, 0.15) is 12.0 Å². The molecule has 0 unspecified atom stereocenters. The molecule has 0 radical (unpaired) electrons. The fourth-order valence-corrected chi connectivity index (χ4v) is 1.01. The summed E-state index contributed by atoms with van der Waals surface area (Å²) in [5, 5.41) is 0. The van der Waals surface area contributed by atoms with Crippen LogP contribution in [0.5, 0.6) is 11.5 Å². The Bertz CT molecular complexity index is 331. The summed E-state index contributed by atoms with van der Waals surface area (Å²) < 4.78 is 46.8. The highest BCUT2D eigenvalue weighted by Gasteiger charge is 2.21. The highest BCUT2D eigenvalue weighted by atomic mass is 19.3. The molecule has 0 atom stereocenters. The van der Waals surface area contributed by atoms with Crippen LogP contribution in [0.2, 0.25) is 0 Å². The van der Waals surface area contributed by atoms with Crippen molar-refractivity contribution in [2.45, 2.75) is 6.43 Å². The summed E-state index contributed by atoms with van der Waals surface area (Å²) in [6, 6.07) is 0. The molecule has 6 heteroatoms. The summed E-state index contributed by atoms with van der Waals surface area (Å²) in [6.45, 7) is 0. The summed E-state index contributed by atoms with van der Waals surface area (Å²) in [7, 11) is 2.31. The van der Waals surface area contributed by atoms with E-state index in [9.17, 15) is 13.2 Å². The van der Waals surface area contributed by atoms with Crippen molar-refractivity contribution in [3.8, 4) is 11.5 Å². The second kappa shape index (κ2) is 4.17. The zero-order chi connectivity index (χ0) is 10.7. The van der Waals surface area contributed by atoms with Gasteiger partial charge in [-0.2, -0.15) is 4.39 Å². The van der Waals surface area contributed by atoms with Gasteiger partial charge in [-0.05, 0) is 0 Å². The molecule has 0 spiro atoms. The highest BCUT2D eigenvalue weighted by Crippen LogP contribution is 2.37. The molecular weight excluding hydrogens is 199 g/mol. The minimum Gasteiger partial charge on any atom is -0.492 e. The summed E-state index contributed by atoms with van der Waals surface area (Å²) in [6.07, 6.45) is -2.06. The largest absolute Gasteiger partial charge is 0.492 e. The SMILES string of the molecule is COc1c(C(F)F)cnc(F)c1OC. The van der Waals surface area contributed by atoms with Gasteiger partial charge in [-0.25, -0.2) is 13.8 Å². The van der Waals surface area contributed by atoms with Gasteiger partial charge in [-0.15, -0.1) is 0 Å². The normalized spacial score (nSPS) is 10.4. The molecule has 0 fully saturated rings. The number of alkyl halides is 2. The zero-order valence-electron chi connectivity index (χ0n) is 7.55. The third-order valence-corrected chi connectivity index (χ3v) is 1.62. The Balaban J connectivity index is 3.33. The molecule has 1 aromatic heterocycles. The number of methoxy groups -OCH3 is 2. The van der Waals surface area contributed by atoms with Gasteiger partial charge in [0.1, 0.15) is 0 Å². The lowest BCUT2D eigenvalue weighted by atomic mass is 10.2. The Labute approximate surface area is 78.5 Å². The molecule has 0 bridgehead atoms. The van der Waals surface area contributed by atoms with Gasteiger partial charge in [0.05, 0.1) is 19.8 Å². The molecular formula is C8H8F3NO2. The van der Waals surface area contributed by atoms with Gasteiger partial charge < -0.3 is 9.47 Å². The maximum absolute atomic E-state index is 12.9. The molecule has 0 saturated carbocycles. The third kappa shape index (κ3) is 1.73. The number of pyridine rings is 1. The van der Waals surface area contributed by atoms with E-state index in [1.165, 1.54) is 0 Å². The second-order valence-corrected chi connectivity index (χ2v) is 2.37. The molecule has 1 rings (SSSR count). The first kappa shape index (κ1) is 10.6. The monoisotopic (exact) mass is 207 g/mol. The number of aromatic nitrogens is 1. The average molecular weight is 207 g/mol. The van der Waals surface area contributed by atoms with Crippen LogP contribution in [0.3, 0.4) is 0 Å². The van der Waals surface area contributed by atoms with E-state index in [4.69, 9.17) is 0 Å². The molecule has 0 N–H and O–H groups in total. The lowest BCUT2D eigenvalue weighted by molar-refractivity contribution is 0.145. The van der Waals surface area contributed by atoms with Crippen molar-refractivity contribution in [1.82, 2.24) is 4.98 Å². The highest BCUT2D eigenvalue weighted by molar-refractivity contribution is 5.45. The van der Waals surface area contributed by atoms with Crippen molar-refractivity contribution in [2.24, 2.45) is 0 Å². The smallest absolute Gasteiger partial charge is 0.269 e. The van der Waals surface area contributed by atoms with Crippen LogP contribution in [0.25, 0.3) is 0 Å². The third-order valence-electron chi connectivity index (χ3n) is 1.62. The molecule has 0 aliphatic heterocycles. The molecule has 0 aromatic carbocycles. The number of halogens is 3. The Kier molecular flexibility index (Phi) is 3.16. The Morgan fingerprint density at radius 3 is 2.21 bits per heavy atom. The number of ether oxygens (including phenoxy) is 2. The number of hydrogen-bond acceptors (Lipinski definition) is 3. The van der Waals surface area contributed by atoms with Gasteiger partial charge in [-0.3, -0.25) is 0 Å². The minimum absolute atomic E-state index is 0.324. The van der Waals surface area contributed by atoms with Crippen LogP contribution in [0, 0.1) is 5.95 Å². The summed E-state index contributed by atoms with van der Waals surface area (Å²) >= 11 is 0. The Morgan fingerprint density at radius 1 is 1.21 bits per heavy atom. The first-order chi connectivity index (χ1) is 6.61. The van der Waals surface area contributed by atoms with Gasteiger partial charge in [0.2, 0.25) is 5.75 Å². The topological polar surface area (TPSA) is 31.4 Å². The molecule has 1 aromatic rings. The van der Waals surface area contributed by atoms with E-state index in [0.717, 1.165) is 20.4 Å². The molecule has 0 saturated heterocycles. The van der Waals surface area contributed by atoms with Crippen molar-refractivity contribution >= 4 is 0 Å². The fraction of sp³-hybridized carbons (Fsp3) is 0.375. The van der Waals surface area contributed by atoms with Gasteiger partial charge in [0.25, 0.3) is 12.4 Å². The van der Waals surface area contributed by atoms with Crippen LogP contribution >= 0.6 is 0 Å². The number of hydrogen-bond donors (Lipinski definition) is 0. The maximum Gasteiger partial charge on any atom is 0.269 e. The minimum atomic E-state index is -2.79. The predicted octanol–water partition coefficient (Wildman–Crippen LogP) is 2.18. The van der Waals surface area contributed by atoms with Crippen molar-refractivity contribution in [3.05, 3.63) is 17.7 Å². The predicted molar refractivity (Wildman–Crippen MR) is 42.3 cm³/mol. The molecule has 3 nitrogen and oxygen atoms in total. The molecule has 0 amide bonds. The van der Waals surface area contributed by atoms with Crippen LogP contribution < -0.4 is 9.47 Å². The molecule has 78 valence electrons. The van der Waals surface area contributed by atoms with Gasteiger partial charge in [-0.1, -0.05) is 0 Å². The van der Waals surface area contributed by atoms with Crippen molar-refractivity contribution in [3.63, 3.8) is 0 Å². The maximum atomic E-state index is 12.9. The molecule has 0 aliphatic rings. The van der Waals surface area contributed by atoms with Crippen LogP contribution in [-0.4, -0.2) is 19.2 Å². The van der Waals surface area contributed by atoms with Gasteiger partial charge in [0.15, 0.2) is 5.75 Å². The van der Waals surface area contributed by atoms with Crippen molar-refractivity contribution < 1.29 is 22.6 Å². The van der Waals surface area contributed by atoms with Crippen molar-refractivity contribution in [2.75, 3.05) is 14.2 Å². The lowest BCUT2D eigenvalue weighted by Gasteiger charge is -2.11. The summed E-state index contributed by atoms with van der Waals surface area (Å²) in [4.78, 5) is 3.13. The first-order valence-corrected chi connectivity index (χ1v) is 3.66. The van der Waals surface area contributed by atoms with Gasteiger partial charge in [0, 0.05) is 6.20 Å². The first-order valence-electron chi connectivity index (χ1n) is 3.66. The number of nitrogens with zero attached hydrogens (tertiary/aromatic N) is 1. The molecule has 0 aliphatic carbocycles. The van der Waals surface area contributed by atoms with E-state index in [2.05, 4.69) is 14.5 Å². The Hall–Kier alpha value is -1.46. The van der Waals surface area contributed by atoms with E-state index in [-0.39, 0.29) is 5.75 Å². The van der Waals surface area contributed by atoms with E-state index < -0.39 is 23.7 Å².